The van der Waals surface area contributed by atoms with Gasteiger partial charge in [-0.3, -0.25) is 4.90 Å². The number of rotatable bonds is 4. The van der Waals surface area contributed by atoms with Gasteiger partial charge in [0.1, 0.15) is 18.2 Å². The van der Waals surface area contributed by atoms with Gasteiger partial charge in [0.15, 0.2) is 0 Å². The van der Waals surface area contributed by atoms with E-state index in [4.69, 9.17) is 4.99 Å². The molecule has 0 radical (unpaired) electrons. The molecule has 1 aliphatic carbocycles. The van der Waals surface area contributed by atoms with E-state index in [1.54, 1.807) is 0 Å². The van der Waals surface area contributed by atoms with E-state index < -0.39 is 0 Å². The molecule has 1 aromatic heterocycles. The van der Waals surface area contributed by atoms with Gasteiger partial charge in [-0.15, -0.1) is 0 Å². The maximum Gasteiger partial charge on any atom is 0.132 e. The van der Waals surface area contributed by atoms with E-state index in [2.05, 4.69) is 175 Å². The number of amidine groups is 1. The fourth-order valence-corrected chi connectivity index (χ4v) is 7.88. The highest BCUT2D eigenvalue weighted by Crippen LogP contribution is 2.51. The first kappa shape index (κ1) is 27.8. The molecule has 47 heavy (non-hydrogen) atoms. The minimum Gasteiger partial charge on any atom is -0.350 e. The Kier molecular flexibility index (Phi) is 6.24. The average Bonchev–Trinajstić information content (AvgIpc) is 3.56. The molecule has 0 fully saturated rings. The number of aromatic nitrogens is 1. The first-order valence-electron chi connectivity index (χ1n) is 16.4. The van der Waals surface area contributed by atoms with Crippen LogP contribution in [0.2, 0.25) is 0 Å². The van der Waals surface area contributed by atoms with Crippen LogP contribution in [0.5, 0.6) is 0 Å². The molecule has 2 atom stereocenters. The Morgan fingerprint density at radius 3 is 2.06 bits per heavy atom. The fraction of sp³-hybridized carbons (Fsp3) is 0.140. The van der Waals surface area contributed by atoms with Crippen LogP contribution in [0.1, 0.15) is 54.0 Å². The van der Waals surface area contributed by atoms with Crippen molar-refractivity contribution in [3.63, 3.8) is 0 Å². The van der Waals surface area contributed by atoms with E-state index in [-0.39, 0.29) is 17.7 Å². The fourth-order valence-electron chi connectivity index (χ4n) is 7.88. The smallest absolute Gasteiger partial charge is 0.132 e. The molecule has 6 aromatic carbocycles. The van der Waals surface area contributed by atoms with Crippen LogP contribution in [0, 0.1) is 0 Å². The minimum absolute atomic E-state index is 0.0382. The highest BCUT2D eigenvalue weighted by Gasteiger charge is 2.36. The van der Waals surface area contributed by atoms with Gasteiger partial charge >= 0.3 is 0 Å². The minimum atomic E-state index is -0.108. The molecule has 1 N–H and O–H groups in total. The molecule has 4 heteroatoms. The SMILES string of the molecule is CN1C(c2ccccc2)N=C(c2ccccc2)NC1c1ccc(-n2c3ccccc3c3cc4c(cc32)-c2ccccc2C4(C)C)cc1. The zero-order chi connectivity index (χ0) is 31.7. The summed E-state index contributed by atoms with van der Waals surface area (Å²) in [6, 6.07) is 52.7. The van der Waals surface area contributed by atoms with E-state index in [1.807, 2.05) is 6.07 Å². The average molecular weight is 609 g/mol. The van der Waals surface area contributed by atoms with Crippen molar-refractivity contribution in [1.82, 2.24) is 14.8 Å². The molecule has 0 saturated carbocycles. The molecule has 228 valence electrons. The highest BCUT2D eigenvalue weighted by atomic mass is 15.4. The summed E-state index contributed by atoms with van der Waals surface area (Å²) in [7, 11) is 2.15. The lowest BCUT2D eigenvalue weighted by Gasteiger charge is -2.39. The zero-order valence-corrected chi connectivity index (χ0v) is 26.9. The second-order valence-corrected chi connectivity index (χ2v) is 13.4. The Bertz CT molecular complexity index is 2310. The number of benzene rings is 6. The van der Waals surface area contributed by atoms with Crippen molar-refractivity contribution in [3.8, 4) is 16.8 Å². The number of nitrogens with one attached hydrogen (secondary N) is 1. The van der Waals surface area contributed by atoms with E-state index in [1.165, 1.54) is 55.2 Å². The van der Waals surface area contributed by atoms with E-state index in [0.717, 1.165) is 17.1 Å². The van der Waals surface area contributed by atoms with Gasteiger partial charge in [-0.2, -0.15) is 0 Å². The Hall–Kier alpha value is -5.45. The molecule has 9 rings (SSSR count). The molecule has 2 heterocycles. The maximum atomic E-state index is 5.19. The highest BCUT2D eigenvalue weighted by molar-refractivity contribution is 6.11. The number of hydrogen-bond acceptors (Lipinski definition) is 3. The van der Waals surface area contributed by atoms with Gasteiger partial charge in [-0.05, 0) is 70.8 Å². The van der Waals surface area contributed by atoms with Crippen molar-refractivity contribution in [2.75, 3.05) is 7.05 Å². The summed E-state index contributed by atoms with van der Waals surface area (Å²) in [6.07, 6.45) is -0.161. The summed E-state index contributed by atoms with van der Waals surface area (Å²) in [6.45, 7) is 4.71. The summed E-state index contributed by atoms with van der Waals surface area (Å²) in [5.41, 5.74) is 12.5. The predicted octanol–water partition coefficient (Wildman–Crippen LogP) is 9.77. The molecule has 2 aliphatic rings. The van der Waals surface area contributed by atoms with Crippen LogP contribution in [-0.2, 0) is 5.41 Å². The van der Waals surface area contributed by atoms with Crippen LogP contribution in [0.25, 0.3) is 38.6 Å². The van der Waals surface area contributed by atoms with Crippen LogP contribution < -0.4 is 5.32 Å². The monoisotopic (exact) mass is 608 g/mol. The summed E-state index contributed by atoms with van der Waals surface area (Å²) in [4.78, 5) is 7.51. The lowest BCUT2D eigenvalue weighted by molar-refractivity contribution is 0.152. The van der Waals surface area contributed by atoms with Crippen molar-refractivity contribution in [2.45, 2.75) is 31.6 Å². The largest absolute Gasteiger partial charge is 0.350 e. The number of aliphatic imine (C=N–C) groups is 1. The maximum absolute atomic E-state index is 5.19. The summed E-state index contributed by atoms with van der Waals surface area (Å²) >= 11 is 0. The third kappa shape index (κ3) is 4.29. The lowest BCUT2D eigenvalue weighted by Crippen LogP contribution is -2.45. The Balaban J connectivity index is 1.16. The normalized spacial score (nSPS) is 18.5. The van der Waals surface area contributed by atoms with Crippen molar-refractivity contribution in [3.05, 3.63) is 173 Å². The molecule has 0 amide bonds. The standard InChI is InChI=1S/C43H36N4/c1-43(2)36-20-12-10-18-32(36)34-27-39-35(26-37(34)43)33-19-11-13-21-38(33)47(39)31-24-22-30(23-25-31)42-45-40(28-14-6-4-7-15-28)44-41(46(42)3)29-16-8-5-9-17-29/h4-27,41-42H,1-3H3,(H,44,45). The van der Waals surface area contributed by atoms with Gasteiger partial charge in [0.2, 0.25) is 0 Å². The predicted molar refractivity (Wildman–Crippen MR) is 194 cm³/mol. The molecular formula is C43H36N4. The summed E-state index contributed by atoms with van der Waals surface area (Å²) in [5.74, 6) is 0.908. The molecule has 2 unspecified atom stereocenters. The molecular weight excluding hydrogens is 573 g/mol. The molecule has 7 aromatic rings. The first-order valence-corrected chi connectivity index (χ1v) is 16.4. The quantitative estimate of drug-likeness (QED) is 0.216. The third-order valence-corrected chi connectivity index (χ3v) is 10.3. The lowest BCUT2D eigenvalue weighted by atomic mass is 9.82. The van der Waals surface area contributed by atoms with Crippen molar-refractivity contribution in [2.24, 2.45) is 4.99 Å². The van der Waals surface area contributed by atoms with E-state index >= 15 is 0 Å². The van der Waals surface area contributed by atoms with Gasteiger partial charge in [0.05, 0.1) is 11.0 Å². The second kappa shape index (κ2) is 10.5. The summed E-state index contributed by atoms with van der Waals surface area (Å²) in [5, 5.41) is 6.34. The Morgan fingerprint density at radius 2 is 1.28 bits per heavy atom. The van der Waals surface area contributed by atoms with E-state index in [0.29, 0.717) is 0 Å². The van der Waals surface area contributed by atoms with Crippen molar-refractivity contribution in [1.29, 1.82) is 0 Å². The van der Waals surface area contributed by atoms with Crippen molar-refractivity contribution >= 4 is 27.6 Å². The van der Waals surface area contributed by atoms with Gasteiger partial charge in [-0.1, -0.05) is 129 Å². The first-order chi connectivity index (χ1) is 23.0. The number of nitrogens with zero attached hydrogens (tertiary/aromatic N) is 3. The summed E-state index contributed by atoms with van der Waals surface area (Å²) < 4.78 is 2.43. The number of fused-ring (bicyclic) bond motifs is 6. The number of para-hydroxylation sites is 1. The van der Waals surface area contributed by atoms with Gasteiger partial charge < -0.3 is 9.88 Å². The number of hydrogen-bond donors (Lipinski definition) is 1. The van der Waals surface area contributed by atoms with Crippen LogP contribution in [-0.4, -0.2) is 22.4 Å². The molecule has 4 nitrogen and oxygen atoms in total. The molecule has 0 bridgehead atoms. The zero-order valence-electron chi connectivity index (χ0n) is 26.9. The molecule has 0 saturated heterocycles. The van der Waals surface area contributed by atoms with Crippen LogP contribution in [0.4, 0.5) is 0 Å². The van der Waals surface area contributed by atoms with Crippen LogP contribution in [0.3, 0.4) is 0 Å². The second-order valence-electron chi connectivity index (χ2n) is 13.4. The topological polar surface area (TPSA) is 32.6 Å². The Labute approximate surface area is 275 Å². The molecule has 1 aliphatic heterocycles. The van der Waals surface area contributed by atoms with Gasteiger partial charge in [-0.25, -0.2) is 4.99 Å². The van der Waals surface area contributed by atoms with Crippen LogP contribution in [0.15, 0.2) is 151 Å². The van der Waals surface area contributed by atoms with Crippen molar-refractivity contribution < 1.29 is 0 Å². The van der Waals surface area contributed by atoms with Crippen LogP contribution >= 0.6 is 0 Å². The Morgan fingerprint density at radius 1 is 0.596 bits per heavy atom. The van der Waals surface area contributed by atoms with Gasteiger partial charge in [0.25, 0.3) is 0 Å². The third-order valence-electron chi connectivity index (χ3n) is 10.3. The molecule has 0 spiro atoms. The van der Waals surface area contributed by atoms with Gasteiger partial charge in [0, 0.05) is 27.4 Å². The van der Waals surface area contributed by atoms with E-state index in [9.17, 15) is 0 Å².